The molecule has 0 aliphatic carbocycles. The van der Waals surface area contributed by atoms with Crippen molar-refractivity contribution >= 4 is 23.5 Å². The van der Waals surface area contributed by atoms with Gasteiger partial charge in [-0.3, -0.25) is 0 Å². The van der Waals surface area contributed by atoms with Crippen molar-refractivity contribution in [3.63, 3.8) is 0 Å². The minimum atomic E-state index is 0.231. The van der Waals surface area contributed by atoms with Crippen LogP contribution in [0.2, 0.25) is 0 Å². The first-order valence-electron chi connectivity index (χ1n) is 5.67. The van der Waals surface area contributed by atoms with E-state index in [0.29, 0.717) is 5.88 Å². The molecule has 0 atom stereocenters. The van der Waals surface area contributed by atoms with Gasteiger partial charge in [0.25, 0.3) is 0 Å². The Hall–Kier alpha value is -1.17. The van der Waals surface area contributed by atoms with E-state index < -0.39 is 0 Å². The van der Waals surface area contributed by atoms with E-state index in [-0.39, 0.29) is 5.95 Å². The van der Waals surface area contributed by atoms with Gasteiger partial charge in [0.15, 0.2) is 0 Å². The van der Waals surface area contributed by atoms with Crippen LogP contribution in [0.5, 0.6) is 5.88 Å². The van der Waals surface area contributed by atoms with Gasteiger partial charge in [0, 0.05) is 12.6 Å². The SMILES string of the molecule is COc1cc(NCCCCCSC)nc(N)n1. The van der Waals surface area contributed by atoms with Crippen LogP contribution in [0.25, 0.3) is 0 Å². The van der Waals surface area contributed by atoms with Gasteiger partial charge in [-0.05, 0) is 24.9 Å². The quantitative estimate of drug-likeness (QED) is 0.693. The second-order valence-electron chi connectivity index (χ2n) is 3.63. The number of aromatic nitrogens is 2. The molecule has 0 aromatic carbocycles. The van der Waals surface area contributed by atoms with E-state index in [2.05, 4.69) is 21.5 Å². The molecule has 1 aromatic rings. The van der Waals surface area contributed by atoms with Crippen LogP contribution in [0.1, 0.15) is 19.3 Å². The minimum Gasteiger partial charge on any atom is -0.481 e. The highest BCUT2D eigenvalue weighted by atomic mass is 32.2. The maximum absolute atomic E-state index is 5.56. The molecule has 0 aliphatic rings. The second-order valence-corrected chi connectivity index (χ2v) is 4.62. The molecule has 0 radical (unpaired) electrons. The van der Waals surface area contributed by atoms with E-state index in [1.165, 1.54) is 18.6 Å². The summed E-state index contributed by atoms with van der Waals surface area (Å²) in [5.41, 5.74) is 5.56. The van der Waals surface area contributed by atoms with Gasteiger partial charge in [-0.1, -0.05) is 6.42 Å². The lowest BCUT2D eigenvalue weighted by atomic mass is 10.2. The molecule has 0 spiro atoms. The standard InChI is InChI=1S/C11H20N4OS/c1-16-10-8-9(14-11(12)15-10)13-6-4-3-5-7-17-2/h8H,3-7H2,1-2H3,(H3,12,13,14,15). The Balaban J connectivity index is 2.28. The molecule has 0 aliphatic heterocycles. The molecule has 5 nitrogen and oxygen atoms in total. The number of nitrogens with one attached hydrogen (secondary N) is 1. The molecule has 0 fully saturated rings. The Kier molecular flexibility index (Phi) is 6.54. The van der Waals surface area contributed by atoms with Crippen molar-refractivity contribution < 1.29 is 4.74 Å². The number of thioether (sulfide) groups is 1. The summed E-state index contributed by atoms with van der Waals surface area (Å²) in [6, 6.07) is 1.75. The van der Waals surface area contributed by atoms with Crippen LogP contribution in [0.4, 0.5) is 11.8 Å². The number of ether oxygens (including phenoxy) is 1. The first-order valence-corrected chi connectivity index (χ1v) is 7.07. The summed E-state index contributed by atoms with van der Waals surface area (Å²) in [5.74, 6) is 2.67. The Bertz CT molecular complexity index is 335. The second kappa shape index (κ2) is 8.00. The monoisotopic (exact) mass is 256 g/mol. The van der Waals surface area contributed by atoms with Gasteiger partial charge in [-0.15, -0.1) is 0 Å². The van der Waals surface area contributed by atoms with Crippen LogP contribution >= 0.6 is 11.8 Å². The first-order chi connectivity index (χ1) is 8.26. The lowest BCUT2D eigenvalue weighted by Gasteiger charge is -2.07. The van der Waals surface area contributed by atoms with Crippen molar-refractivity contribution in [3.8, 4) is 5.88 Å². The third-order valence-corrected chi connectivity index (χ3v) is 2.96. The molecule has 6 heteroatoms. The van der Waals surface area contributed by atoms with Crippen molar-refractivity contribution in [2.75, 3.05) is 36.7 Å². The third kappa shape index (κ3) is 5.63. The van der Waals surface area contributed by atoms with Crippen molar-refractivity contribution in [1.29, 1.82) is 0 Å². The number of rotatable bonds is 8. The van der Waals surface area contributed by atoms with Gasteiger partial charge in [-0.25, -0.2) is 0 Å². The number of nitrogen functional groups attached to an aromatic ring is 1. The molecule has 0 unspecified atom stereocenters. The summed E-state index contributed by atoms with van der Waals surface area (Å²) in [4.78, 5) is 8.01. The van der Waals surface area contributed by atoms with E-state index in [0.717, 1.165) is 18.8 Å². The van der Waals surface area contributed by atoms with Crippen LogP contribution in [-0.2, 0) is 0 Å². The highest BCUT2D eigenvalue weighted by molar-refractivity contribution is 7.98. The molecule has 0 saturated heterocycles. The molecule has 1 aromatic heterocycles. The minimum absolute atomic E-state index is 0.231. The molecule has 0 saturated carbocycles. The van der Waals surface area contributed by atoms with Crippen LogP contribution in [0, 0.1) is 0 Å². The van der Waals surface area contributed by atoms with Crippen molar-refractivity contribution in [3.05, 3.63) is 6.07 Å². The fourth-order valence-corrected chi connectivity index (χ4v) is 1.90. The molecule has 0 bridgehead atoms. The van der Waals surface area contributed by atoms with E-state index >= 15 is 0 Å². The van der Waals surface area contributed by atoms with E-state index in [4.69, 9.17) is 10.5 Å². The van der Waals surface area contributed by atoms with Gasteiger partial charge < -0.3 is 15.8 Å². The zero-order valence-corrected chi connectivity index (χ0v) is 11.2. The normalized spacial score (nSPS) is 10.2. The molecular formula is C11H20N4OS. The van der Waals surface area contributed by atoms with Crippen molar-refractivity contribution in [2.45, 2.75) is 19.3 Å². The summed E-state index contributed by atoms with van der Waals surface area (Å²) in [5, 5.41) is 3.22. The number of anilines is 2. The number of methoxy groups -OCH3 is 1. The summed E-state index contributed by atoms with van der Waals surface area (Å²) < 4.78 is 5.02. The lowest BCUT2D eigenvalue weighted by Crippen LogP contribution is -2.06. The van der Waals surface area contributed by atoms with Gasteiger partial charge in [0.05, 0.1) is 7.11 Å². The summed E-state index contributed by atoms with van der Waals surface area (Å²) in [6.45, 7) is 0.897. The zero-order chi connectivity index (χ0) is 12.5. The van der Waals surface area contributed by atoms with Crippen LogP contribution in [0.3, 0.4) is 0 Å². The van der Waals surface area contributed by atoms with Crippen LogP contribution < -0.4 is 15.8 Å². The van der Waals surface area contributed by atoms with E-state index in [1.54, 1.807) is 13.2 Å². The molecule has 96 valence electrons. The Morgan fingerprint density at radius 2 is 2.18 bits per heavy atom. The fourth-order valence-electron chi connectivity index (χ4n) is 1.40. The molecule has 3 N–H and O–H groups in total. The summed E-state index contributed by atoms with van der Waals surface area (Å²) in [6.07, 6.45) is 5.75. The maximum Gasteiger partial charge on any atom is 0.225 e. The molecule has 1 heterocycles. The first kappa shape index (κ1) is 13.9. The van der Waals surface area contributed by atoms with Gasteiger partial charge in [0.2, 0.25) is 11.8 Å². The molecule has 0 amide bonds. The number of hydrogen-bond acceptors (Lipinski definition) is 6. The summed E-state index contributed by atoms with van der Waals surface area (Å²) >= 11 is 1.89. The van der Waals surface area contributed by atoms with E-state index in [1.807, 2.05) is 11.8 Å². The average molecular weight is 256 g/mol. The maximum atomic E-state index is 5.56. The number of hydrogen-bond donors (Lipinski definition) is 2. The van der Waals surface area contributed by atoms with Crippen LogP contribution in [-0.4, -0.2) is 35.6 Å². The number of nitrogens with zero attached hydrogens (tertiary/aromatic N) is 2. The lowest BCUT2D eigenvalue weighted by molar-refractivity contribution is 0.398. The predicted octanol–water partition coefficient (Wildman–Crippen LogP) is 2.01. The van der Waals surface area contributed by atoms with Crippen LogP contribution in [0.15, 0.2) is 6.07 Å². The topological polar surface area (TPSA) is 73.1 Å². The number of unbranched alkanes of at least 4 members (excludes halogenated alkanes) is 2. The highest BCUT2D eigenvalue weighted by Crippen LogP contribution is 2.14. The fraction of sp³-hybridized carbons (Fsp3) is 0.636. The Morgan fingerprint density at radius 1 is 1.35 bits per heavy atom. The zero-order valence-electron chi connectivity index (χ0n) is 10.4. The smallest absolute Gasteiger partial charge is 0.225 e. The Morgan fingerprint density at radius 3 is 2.88 bits per heavy atom. The van der Waals surface area contributed by atoms with Crippen molar-refractivity contribution in [1.82, 2.24) is 9.97 Å². The molecule has 1 rings (SSSR count). The molecular weight excluding hydrogens is 236 g/mol. The third-order valence-electron chi connectivity index (χ3n) is 2.26. The van der Waals surface area contributed by atoms with Gasteiger partial charge >= 0.3 is 0 Å². The summed E-state index contributed by atoms with van der Waals surface area (Å²) in [7, 11) is 1.56. The van der Waals surface area contributed by atoms with Crippen molar-refractivity contribution in [2.24, 2.45) is 0 Å². The highest BCUT2D eigenvalue weighted by Gasteiger charge is 2.01. The van der Waals surface area contributed by atoms with Gasteiger partial charge in [0.1, 0.15) is 5.82 Å². The number of nitrogens with two attached hydrogens (primary N) is 1. The Labute approximate surface area is 107 Å². The largest absolute Gasteiger partial charge is 0.481 e. The molecule has 17 heavy (non-hydrogen) atoms. The van der Waals surface area contributed by atoms with Gasteiger partial charge in [-0.2, -0.15) is 21.7 Å². The predicted molar refractivity (Wildman–Crippen MR) is 73.7 cm³/mol. The average Bonchev–Trinajstić information content (AvgIpc) is 2.33. The van der Waals surface area contributed by atoms with E-state index in [9.17, 15) is 0 Å².